The summed E-state index contributed by atoms with van der Waals surface area (Å²) in [6.07, 6.45) is 6.58. The SMILES string of the molecule is CC1(CN)CCC2(CCC3CC32)O1. The van der Waals surface area contributed by atoms with E-state index in [0.29, 0.717) is 6.54 Å². The van der Waals surface area contributed by atoms with Crippen LogP contribution in [0.4, 0.5) is 0 Å². The van der Waals surface area contributed by atoms with Gasteiger partial charge in [0.2, 0.25) is 0 Å². The van der Waals surface area contributed by atoms with Gasteiger partial charge in [0.25, 0.3) is 0 Å². The zero-order valence-electron chi connectivity index (χ0n) is 8.38. The van der Waals surface area contributed by atoms with Crippen molar-refractivity contribution in [2.75, 3.05) is 6.54 Å². The molecule has 1 saturated heterocycles. The minimum Gasteiger partial charge on any atom is -0.367 e. The summed E-state index contributed by atoms with van der Waals surface area (Å²) in [6.45, 7) is 2.86. The Morgan fingerprint density at radius 1 is 1.38 bits per heavy atom. The lowest BCUT2D eigenvalue weighted by Crippen LogP contribution is -2.39. The van der Waals surface area contributed by atoms with Crippen molar-refractivity contribution in [2.24, 2.45) is 17.6 Å². The van der Waals surface area contributed by atoms with E-state index in [1.54, 1.807) is 0 Å². The van der Waals surface area contributed by atoms with Crippen molar-refractivity contribution in [3.8, 4) is 0 Å². The zero-order chi connectivity index (χ0) is 9.10. The number of hydrogen-bond acceptors (Lipinski definition) is 2. The summed E-state index contributed by atoms with van der Waals surface area (Å²) in [6, 6.07) is 0. The predicted molar refractivity (Wildman–Crippen MR) is 51.3 cm³/mol. The van der Waals surface area contributed by atoms with Gasteiger partial charge in [-0.25, -0.2) is 0 Å². The lowest BCUT2D eigenvalue weighted by Gasteiger charge is -2.30. The Morgan fingerprint density at radius 2 is 2.23 bits per heavy atom. The topological polar surface area (TPSA) is 35.2 Å². The minimum atomic E-state index is -0.00250. The van der Waals surface area contributed by atoms with Gasteiger partial charge in [-0.15, -0.1) is 0 Å². The normalized spacial score (nSPS) is 58.6. The molecule has 4 atom stereocenters. The Balaban J connectivity index is 1.81. The molecule has 0 aromatic rings. The lowest BCUT2D eigenvalue weighted by molar-refractivity contribution is -0.0978. The molecule has 2 nitrogen and oxygen atoms in total. The van der Waals surface area contributed by atoms with Crippen LogP contribution in [0.2, 0.25) is 0 Å². The number of rotatable bonds is 1. The van der Waals surface area contributed by atoms with E-state index in [0.717, 1.165) is 11.8 Å². The quantitative estimate of drug-likeness (QED) is 0.668. The van der Waals surface area contributed by atoms with Crippen molar-refractivity contribution >= 4 is 0 Å². The van der Waals surface area contributed by atoms with Crippen molar-refractivity contribution in [3.05, 3.63) is 0 Å². The van der Waals surface area contributed by atoms with E-state index in [2.05, 4.69) is 6.92 Å². The Hall–Kier alpha value is -0.0800. The molecule has 2 N–H and O–H groups in total. The van der Waals surface area contributed by atoms with E-state index >= 15 is 0 Å². The molecule has 0 bridgehead atoms. The Morgan fingerprint density at radius 3 is 2.69 bits per heavy atom. The molecule has 4 unspecified atom stereocenters. The number of fused-ring (bicyclic) bond motifs is 2. The molecule has 3 fully saturated rings. The van der Waals surface area contributed by atoms with Crippen molar-refractivity contribution in [1.29, 1.82) is 0 Å². The summed E-state index contributed by atoms with van der Waals surface area (Å²) in [5.74, 6) is 1.92. The molecule has 0 radical (unpaired) electrons. The molecule has 1 aliphatic heterocycles. The first-order valence-electron chi connectivity index (χ1n) is 5.58. The van der Waals surface area contributed by atoms with Crippen molar-refractivity contribution in [3.63, 3.8) is 0 Å². The van der Waals surface area contributed by atoms with Crippen LogP contribution in [0.25, 0.3) is 0 Å². The third kappa shape index (κ3) is 1.02. The molecule has 0 aromatic carbocycles. The standard InChI is InChI=1S/C11H19NO/c1-10(7-12)4-5-11(13-10)3-2-8-6-9(8)11/h8-9H,2-7,12H2,1H3. The van der Waals surface area contributed by atoms with Crippen LogP contribution < -0.4 is 5.73 Å². The molecular weight excluding hydrogens is 162 g/mol. The van der Waals surface area contributed by atoms with Crippen LogP contribution in [0.5, 0.6) is 0 Å². The maximum Gasteiger partial charge on any atom is 0.0784 e. The summed E-state index contributed by atoms with van der Waals surface area (Å²) in [4.78, 5) is 0. The molecule has 2 saturated carbocycles. The largest absolute Gasteiger partial charge is 0.367 e. The van der Waals surface area contributed by atoms with Gasteiger partial charge in [-0.3, -0.25) is 0 Å². The van der Waals surface area contributed by atoms with Crippen molar-refractivity contribution in [2.45, 2.75) is 50.2 Å². The predicted octanol–water partition coefficient (Wildman–Crippen LogP) is 1.68. The van der Waals surface area contributed by atoms with Crippen molar-refractivity contribution in [1.82, 2.24) is 0 Å². The summed E-state index contributed by atoms with van der Waals surface area (Å²) in [5.41, 5.74) is 6.03. The van der Waals surface area contributed by atoms with E-state index in [4.69, 9.17) is 10.5 Å². The third-order valence-corrected chi connectivity index (χ3v) is 4.50. The summed E-state index contributed by atoms with van der Waals surface area (Å²) >= 11 is 0. The van der Waals surface area contributed by atoms with Gasteiger partial charge < -0.3 is 10.5 Å². The first-order valence-corrected chi connectivity index (χ1v) is 5.58. The average Bonchev–Trinajstić information content (AvgIpc) is 2.76. The van der Waals surface area contributed by atoms with Gasteiger partial charge in [0, 0.05) is 6.54 Å². The fourth-order valence-corrected chi connectivity index (χ4v) is 3.48. The number of hydrogen-bond donors (Lipinski definition) is 1. The fourth-order valence-electron chi connectivity index (χ4n) is 3.48. The lowest BCUT2D eigenvalue weighted by atomic mass is 9.92. The number of ether oxygens (including phenoxy) is 1. The van der Waals surface area contributed by atoms with Gasteiger partial charge in [-0.05, 0) is 50.9 Å². The Kier molecular flexibility index (Phi) is 1.45. The van der Waals surface area contributed by atoms with E-state index in [9.17, 15) is 0 Å². The first-order chi connectivity index (χ1) is 6.18. The highest BCUT2D eigenvalue weighted by atomic mass is 16.5. The highest BCUT2D eigenvalue weighted by Crippen LogP contribution is 2.64. The Bertz CT molecular complexity index is 242. The minimum absolute atomic E-state index is 0.00250. The fraction of sp³-hybridized carbons (Fsp3) is 1.00. The molecular formula is C11H19NO. The molecule has 2 aliphatic carbocycles. The van der Waals surface area contributed by atoms with Crippen LogP contribution in [-0.4, -0.2) is 17.7 Å². The Labute approximate surface area is 79.8 Å². The molecule has 2 heteroatoms. The summed E-state index contributed by atoms with van der Waals surface area (Å²) in [5, 5.41) is 0. The van der Waals surface area contributed by atoms with E-state index in [1.165, 1.54) is 32.1 Å². The third-order valence-electron chi connectivity index (χ3n) is 4.50. The van der Waals surface area contributed by atoms with Crippen molar-refractivity contribution < 1.29 is 4.74 Å². The van der Waals surface area contributed by atoms with Gasteiger partial charge in [0.1, 0.15) is 0 Å². The van der Waals surface area contributed by atoms with E-state index in [-0.39, 0.29) is 11.2 Å². The molecule has 0 amide bonds. The first kappa shape index (κ1) is 8.25. The summed E-state index contributed by atoms with van der Waals surface area (Å²) < 4.78 is 6.28. The van der Waals surface area contributed by atoms with Crippen LogP contribution in [-0.2, 0) is 4.74 Å². The molecule has 3 aliphatic rings. The summed E-state index contributed by atoms with van der Waals surface area (Å²) in [7, 11) is 0. The molecule has 74 valence electrons. The van der Waals surface area contributed by atoms with E-state index in [1.807, 2.05) is 0 Å². The highest BCUT2D eigenvalue weighted by Gasteiger charge is 2.62. The van der Waals surface area contributed by atoms with Gasteiger partial charge in [-0.1, -0.05) is 0 Å². The van der Waals surface area contributed by atoms with Gasteiger partial charge in [0.05, 0.1) is 11.2 Å². The maximum absolute atomic E-state index is 6.28. The van der Waals surface area contributed by atoms with Crippen LogP contribution in [0, 0.1) is 11.8 Å². The molecule has 1 heterocycles. The molecule has 3 rings (SSSR count). The van der Waals surface area contributed by atoms with Crippen LogP contribution in [0.15, 0.2) is 0 Å². The zero-order valence-corrected chi connectivity index (χ0v) is 8.38. The monoisotopic (exact) mass is 181 g/mol. The highest BCUT2D eigenvalue weighted by molar-refractivity contribution is 5.12. The van der Waals surface area contributed by atoms with Crippen LogP contribution in [0.1, 0.15) is 39.0 Å². The van der Waals surface area contributed by atoms with Gasteiger partial charge >= 0.3 is 0 Å². The average molecular weight is 181 g/mol. The second-order valence-electron chi connectivity index (χ2n) is 5.46. The second-order valence-corrected chi connectivity index (χ2v) is 5.46. The van der Waals surface area contributed by atoms with Crippen LogP contribution >= 0.6 is 0 Å². The smallest absolute Gasteiger partial charge is 0.0784 e. The van der Waals surface area contributed by atoms with E-state index < -0.39 is 0 Å². The molecule has 0 aromatic heterocycles. The second kappa shape index (κ2) is 2.29. The molecule has 1 spiro atoms. The maximum atomic E-state index is 6.28. The number of nitrogens with two attached hydrogens (primary N) is 1. The van der Waals surface area contributed by atoms with Crippen LogP contribution in [0.3, 0.4) is 0 Å². The van der Waals surface area contributed by atoms with Gasteiger partial charge in [0.15, 0.2) is 0 Å². The van der Waals surface area contributed by atoms with Gasteiger partial charge in [-0.2, -0.15) is 0 Å². The molecule has 13 heavy (non-hydrogen) atoms.